The van der Waals surface area contributed by atoms with E-state index in [4.69, 9.17) is 0 Å². The van der Waals surface area contributed by atoms with Gasteiger partial charge in [-0.15, -0.1) is 0 Å². The van der Waals surface area contributed by atoms with E-state index in [1.165, 1.54) is 4.90 Å². The Hall–Kier alpha value is -1.85. The van der Waals surface area contributed by atoms with E-state index in [0.29, 0.717) is 10.6 Å². The molecule has 0 aromatic heterocycles. The molecule has 1 aliphatic heterocycles. The molecule has 1 aliphatic rings. The van der Waals surface area contributed by atoms with Crippen molar-refractivity contribution in [3.8, 4) is 0 Å². The molecule has 0 saturated carbocycles. The van der Waals surface area contributed by atoms with Gasteiger partial charge in [-0.25, -0.2) is 4.90 Å². The van der Waals surface area contributed by atoms with Crippen molar-refractivity contribution in [2.24, 2.45) is 0 Å². The van der Waals surface area contributed by atoms with E-state index < -0.39 is 0 Å². The van der Waals surface area contributed by atoms with Crippen molar-refractivity contribution in [1.29, 1.82) is 0 Å². The van der Waals surface area contributed by atoms with Crippen LogP contribution in [-0.4, -0.2) is 11.1 Å². The highest BCUT2D eigenvalue weighted by Crippen LogP contribution is 2.35. The van der Waals surface area contributed by atoms with E-state index in [2.05, 4.69) is 15.9 Å². The number of thioether (sulfide) groups is 1. The van der Waals surface area contributed by atoms with E-state index in [-0.39, 0.29) is 11.1 Å². The first kappa shape index (κ1) is 14.1. The molecule has 3 nitrogen and oxygen atoms in total. The van der Waals surface area contributed by atoms with E-state index in [0.717, 1.165) is 21.8 Å². The van der Waals surface area contributed by atoms with Crippen LogP contribution in [0.2, 0.25) is 0 Å². The van der Waals surface area contributed by atoms with E-state index in [9.17, 15) is 9.59 Å². The maximum Gasteiger partial charge on any atom is 0.298 e. The fourth-order valence-corrected chi connectivity index (χ4v) is 3.08. The molecule has 0 aliphatic carbocycles. The number of anilines is 1. The Morgan fingerprint density at radius 1 is 0.952 bits per heavy atom. The Balaban J connectivity index is 1.92. The summed E-state index contributed by atoms with van der Waals surface area (Å²) in [6, 6.07) is 16.5. The first-order valence-corrected chi connectivity index (χ1v) is 7.85. The first-order valence-electron chi connectivity index (χ1n) is 6.24. The Kier molecular flexibility index (Phi) is 3.94. The lowest BCUT2D eigenvalue weighted by atomic mass is 10.2. The number of hydrogen-bond acceptors (Lipinski definition) is 3. The van der Waals surface area contributed by atoms with Crippen molar-refractivity contribution < 1.29 is 9.59 Å². The number of carbonyl (C=O) groups excluding carboxylic acids is 2. The first-order chi connectivity index (χ1) is 10.1. The van der Waals surface area contributed by atoms with Gasteiger partial charge in [0.15, 0.2) is 0 Å². The lowest BCUT2D eigenvalue weighted by molar-refractivity contribution is -0.113. The molecule has 2 amide bonds. The van der Waals surface area contributed by atoms with Gasteiger partial charge in [-0.1, -0.05) is 46.3 Å². The van der Waals surface area contributed by atoms with Crippen molar-refractivity contribution in [2.75, 3.05) is 4.90 Å². The molecule has 1 fully saturated rings. The van der Waals surface area contributed by atoms with Gasteiger partial charge in [-0.05, 0) is 47.7 Å². The summed E-state index contributed by atoms with van der Waals surface area (Å²) < 4.78 is 0.969. The third-order valence-corrected chi connectivity index (χ3v) is 4.37. The number of nitrogens with zero attached hydrogens (tertiary/aromatic N) is 1. The summed E-state index contributed by atoms with van der Waals surface area (Å²) in [5, 5.41) is -0.269. The number of rotatable bonds is 2. The molecule has 0 spiro atoms. The Morgan fingerprint density at radius 3 is 2.29 bits per heavy atom. The smallest absolute Gasteiger partial charge is 0.268 e. The zero-order valence-electron chi connectivity index (χ0n) is 10.8. The number of para-hydroxylation sites is 1. The van der Waals surface area contributed by atoms with Crippen molar-refractivity contribution >= 4 is 50.6 Å². The van der Waals surface area contributed by atoms with E-state index in [1.807, 2.05) is 30.3 Å². The lowest BCUT2D eigenvalue weighted by Gasteiger charge is -2.11. The van der Waals surface area contributed by atoms with Crippen LogP contribution in [0, 0.1) is 0 Å². The summed E-state index contributed by atoms with van der Waals surface area (Å²) in [6.45, 7) is 0. The zero-order chi connectivity index (χ0) is 14.8. The van der Waals surface area contributed by atoms with Crippen LogP contribution in [0.25, 0.3) is 6.08 Å². The number of amides is 2. The number of imide groups is 1. The van der Waals surface area contributed by atoms with Crippen LogP contribution in [0.4, 0.5) is 10.5 Å². The largest absolute Gasteiger partial charge is 0.298 e. The highest BCUT2D eigenvalue weighted by molar-refractivity contribution is 9.10. The van der Waals surface area contributed by atoms with Crippen molar-refractivity contribution in [1.82, 2.24) is 0 Å². The number of halogens is 1. The van der Waals surface area contributed by atoms with Gasteiger partial charge in [0.25, 0.3) is 11.1 Å². The number of carbonyl (C=O) groups is 2. The Labute approximate surface area is 134 Å². The predicted octanol–water partition coefficient (Wildman–Crippen LogP) is 4.69. The fraction of sp³-hybridized carbons (Fsp3) is 0. The van der Waals surface area contributed by atoms with E-state index in [1.54, 1.807) is 30.3 Å². The fourth-order valence-electron chi connectivity index (χ4n) is 1.98. The van der Waals surface area contributed by atoms with Gasteiger partial charge in [0.1, 0.15) is 0 Å². The zero-order valence-corrected chi connectivity index (χ0v) is 13.2. The van der Waals surface area contributed by atoms with Crippen molar-refractivity contribution in [3.63, 3.8) is 0 Å². The summed E-state index contributed by atoms with van der Waals surface area (Å²) in [4.78, 5) is 26.1. The molecule has 0 N–H and O–H groups in total. The molecule has 104 valence electrons. The highest BCUT2D eigenvalue weighted by Gasteiger charge is 2.36. The SMILES string of the molecule is O=C1S/C(=C/c2ccc(Br)cc2)C(=O)N1c1ccccc1. The highest BCUT2D eigenvalue weighted by atomic mass is 79.9. The van der Waals surface area contributed by atoms with Gasteiger partial charge in [0.2, 0.25) is 0 Å². The van der Waals surface area contributed by atoms with Crippen LogP contribution in [0.5, 0.6) is 0 Å². The van der Waals surface area contributed by atoms with Crippen LogP contribution in [0.1, 0.15) is 5.56 Å². The lowest BCUT2D eigenvalue weighted by Crippen LogP contribution is -2.27. The van der Waals surface area contributed by atoms with Crippen LogP contribution in [0.3, 0.4) is 0 Å². The van der Waals surface area contributed by atoms with Gasteiger partial charge >= 0.3 is 0 Å². The molecule has 0 radical (unpaired) electrons. The van der Waals surface area contributed by atoms with E-state index >= 15 is 0 Å². The van der Waals surface area contributed by atoms with Crippen molar-refractivity contribution in [2.45, 2.75) is 0 Å². The average Bonchev–Trinajstić information content (AvgIpc) is 2.77. The minimum atomic E-state index is -0.279. The molecule has 1 saturated heterocycles. The quantitative estimate of drug-likeness (QED) is 0.729. The standard InChI is InChI=1S/C16H10BrNO2S/c17-12-8-6-11(7-9-12)10-14-15(19)18(16(20)21-14)13-4-2-1-3-5-13/h1-10H/b14-10+. The van der Waals surface area contributed by atoms with Crippen LogP contribution in [0.15, 0.2) is 64.0 Å². The van der Waals surface area contributed by atoms with Gasteiger partial charge in [0, 0.05) is 4.47 Å². The summed E-state index contributed by atoms with van der Waals surface area (Å²) in [7, 11) is 0. The topological polar surface area (TPSA) is 37.4 Å². The summed E-state index contributed by atoms with van der Waals surface area (Å²) in [5.74, 6) is -0.279. The summed E-state index contributed by atoms with van der Waals surface area (Å²) >= 11 is 4.33. The molecule has 3 rings (SSSR count). The molecule has 1 heterocycles. The van der Waals surface area contributed by atoms with Crippen LogP contribution < -0.4 is 4.90 Å². The van der Waals surface area contributed by atoms with Gasteiger partial charge < -0.3 is 0 Å². The summed E-state index contributed by atoms with van der Waals surface area (Å²) in [5.41, 5.74) is 1.48. The second kappa shape index (κ2) is 5.87. The molecular weight excluding hydrogens is 350 g/mol. The average molecular weight is 360 g/mol. The molecule has 5 heteroatoms. The Bertz CT molecular complexity index is 726. The molecule has 21 heavy (non-hydrogen) atoms. The minimum Gasteiger partial charge on any atom is -0.268 e. The number of benzene rings is 2. The maximum atomic E-state index is 12.4. The van der Waals surface area contributed by atoms with Crippen LogP contribution in [-0.2, 0) is 4.79 Å². The Morgan fingerprint density at radius 2 is 1.62 bits per heavy atom. The monoisotopic (exact) mass is 359 g/mol. The third kappa shape index (κ3) is 2.94. The van der Waals surface area contributed by atoms with Gasteiger partial charge in [0.05, 0.1) is 10.6 Å². The van der Waals surface area contributed by atoms with Gasteiger partial charge in [-0.3, -0.25) is 9.59 Å². The summed E-state index contributed by atoms with van der Waals surface area (Å²) in [6.07, 6.45) is 1.74. The maximum absolute atomic E-state index is 12.4. The number of hydrogen-bond donors (Lipinski definition) is 0. The molecule has 0 bridgehead atoms. The van der Waals surface area contributed by atoms with Gasteiger partial charge in [-0.2, -0.15) is 0 Å². The molecule has 2 aromatic carbocycles. The molecule has 0 unspecified atom stereocenters. The predicted molar refractivity (Wildman–Crippen MR) is 89.0 cm³/mol. The molecule has 0 atom stereocenters. The second-order valence-electron chi connectivity index (χ2n) is 4.40. The normalized spacial score (nSPS) is 16.8. The molecule has 2 aromatic rings. The molecular formula is C16H10BrNO2S. The third-order valence-electron chi connectivity index (χ3n) is 2.98. The minimum absolute atomic E-state index is 0.269. The van der Waals surface area contributed by atoms with Crippen LogP contribution >= 0.6 is 27.7 Å². The van der Waals surface area contributed by atoms with Crippen molar-refractivity contribution in [3.05, 3.63) is 69.5 Å². The second-order valence-corrected chi connectivity index (χ2v) is 6.31.